The molecule has 4 nitrogen and oxygen atoms in total. The molecule has 1 aliphatic rings. The van der Waals surface area contributed by atoms with E-state index in [1.54, 1.807) is 0 Å². The molecule has 2 N–H and O–H groups in total. The Balaban J connectivity index is 1.67. The summed E-state index contributed by atoms with van der Waals surface area (Å²) >= 11 is 0. The molecule has 104 valence electrons. The van der Waals surface area contributed by atoms with Crippen molar-refractivity contribution in [1.29, 1.82) is 0 Å². The number of aromatic nitrogens is 2. The zero-order valence-corrected chi connectivity index (χ0v) is 11.4. The lowest BCUT2D eigenvalue weighted by Crippen LogP contribution is -2.15. The van der Waals surface area contributed by atoms with Crippen LogP contribution < -0.4 is 5.73 Å². The summed E-state index contributed by atoms with van der Waals surface area (Å²) in [6.45, 7) is 0. The van der Waals surface area contributed by atoms with Crippen molar-refractivity contribution in [3.8, 4) is 0 Å². The van der Waals surface area contributed by atoms with Gasteiger partial charge in [0, 0.05) is 11.3 Å². The Bertz CT molecular complexity index is 822. The number of nitrogen functional groups attached to an aromatic ring is 1. The van der Waals surface area contributed by atoms with Crippen LogP contribution in [0.1, 0.15) is 22.7 Å². The second-order valence-electron chi connectivity index (χ2n) is 5.51. The third kappa shape index (κ3) is 1.91. The number of rotatable bonds is 2. The molecule has 1 aromatic heterocycles. The van der Waals surface area contributed by atoms with Crippen molar-refractivity contribution in [2.24, 2.45) is 5.92 Å². The molecule has 0 aliphatic heterocycles. The van der Waals surface area contributed by atoms with Gasteiger partial charge < -0.3 is 5.73 Å². The van der Waals surface area contributed by atoms with Gasteiger partial charge in [-0.05, 0) is 30.0 Å². The largest absolute Gasteiger partial charge is 0.382 e. The summed E-state index contributed by atoms with van der Waals surface area (Å²) < 4.78 is 1.47. The van der Waals surface area contributed by atoms with Crippen molar-refractivity contribution in [3.63, 3.8) is 0 Å². The molecule has 0 spiro atoms. The smallest absolute Gasteiger partial charge is 0.251 e. The maximum Gasteiger partial charge on any atom is 0.251 e. The van der Waals surface area contributed by atoms with E-state index in [2.05, 4.69) is 17.2 Å². The van der Waals surface area contributed by atoms with Gasteiger partial charge in [-0.25, -0.2) is 0 Å². The second kappa shape index (κ2) is 4.45. The van der Waals surface area contributed by atoms with E-state index in [-0.39, 0.29) is 11.8 Å². The Morgan fingerprint density at radius 1 is 1.10 bits per heavy atom. The molecule has 0 radical (unpaired) electrons. The number of benzene rings is 2. The lowest BCUT2D eigenvalue weighted by molar-refractivity contribution is 0.0873. The molecule has 0 unspecified atom stereocenters. The fourth-order valence-electron chi connectivity index (χ4n) is 2.95. The van der Waals surface area contributed by atoms with Crippen LogP contribution in [-0.4, -0.2) is 15.7 Å². The number of fused-ring (bicyclic) bond motifs is 1. The Labute approximate surface area is 122 Å². The van der Waals surface area contributed by atoms with Crippen molar-refractivity contribution in [2.45, 2.75) is 12.3 Å². The topological polar surface area (TPSA) is 60.9 Å². The highest BCUT2D eigenvalue weighted by Gasteiger charge is 2.45. The highest BCUT2D eigenvalue weighted by Crippen LogP contribution is 2.48. The minimum atomic E-state index is 0.00936. The molecule has 2 aromatic carbocycles. The maximum absolute atomic E-state index is 12.7. The van der Waals surface area contributed by atoms with Gasteiger partial charge in [0.05, 0.1) is 5.52 Å². The number of hydrogen-bond acceptors (Lipinski definition) is 3. The van der Waals surface area contributed by atoms with Crippen LogP contribution in [0, 0.1) is 5.92 Å². The normalized spacial score (nSPS) is 20.6. The molecule has 1 fully saturated rings. The number of nitrogens with zero attached hydrogens (tertiary/aromatic N) is 2. The van der Waals surface area contributed by atoms with Crippen molar-refractivity contribution in [1.82, 2.24) is 9.78 Å². The van der Waals surface area contributed by atoms with Gasteiger partial charge in [-0.15, -0.1) is 5.10 Å². The van der Waals surface area contributed by atoms with Gasteiger partial charge in [-0.2, -0.15) is 4.68 Å². The van der Waals surface area contributed by atoms with E-state index in [0.717, 1.165) is 17.3 Å². The van der Waals surface area contributed by atoms with Crippen LogP contribution in [-0.2, 0) is 0 Å². The molecule has 1 heterocycles. The Morgan fingerprint density at radius 2 is 1.81 bits per heavy atom. The predicted molar refractivity (Wildman–Crippen MR) is 82.1 cm³/mol. The van der Waals surface area contributed by atoms with E-state index in [1.807, 2.05) is 42.5 Å². The minimum Gasteiger partial charge on any atom is -0.382 e. The van der Waals surface area contributed by atoms with E-state index in [0.29, 0.717) is 11.7 Å². The third-order valence-electron chi connectivity index (χ3n) is 4.16. The summed E-state index contributed by atoms with van der Waals surface area (Å²) in [5.41, 5.74) is 7.91. The Hall–Kier alpha value is -2.62. The van der Waals surface area contributed by atoms with Crippen molar-refractivity contribution < 1.29 is 4.79 Å². The molecular weight excluding hydrogens is 262 g/mol. The zero-order valence-electron chi connectivity index (χ0n) is 11.4. The first-order valence-electron chi connectivity index (χ1n) is 7.08. The van der Waals surface area contributed by atoms with Crippen molar-refractivity contribution in [2.75, 3.05) is 5.73 Å². The molecule has 4 rings (SSSR count). The van der Waals surface area contributed by atoms with E-state index < -0.39 is 0 Å². The standard InChI is InChI=1S/C17H15N3O/c18-16-12-8-4-5-9-15(12)20(19-16)17(21)14-10-13(14)11-6-2-1-3-7-11/h1-9,13-14H,10H2,(H2,18,19)/t13-,14+/m0/s1. The molecule has 0 bridgehead atoms. The molecular formula is C17H15N3O. The van der Waals surface area contributed by atoms with Gasteiger partial charge >= 0.3 is 0 Å². The number of hydrogen-bond donors (Lipinski definition) is 1. The predicted octanol–water partition coefficient (Wildman–Crippen LogP) is 3.06. The van der Waals surface area contributed by atoms with E-state index in [1.165, 1.54) is 10.2 Å². The fraction of sp³-hybridized carbons (Fsp3) is 0.176. The molecule has 3 aromatic rings. The lowest BCUT2D eigenvalue weighted by atomic mass is 10.1. The van der Waals surface area contributed by atoms with E-state index >= 15 is 0 Å². The number of anilines is 1. The van der Waals surface area contributed by atoms with Gasteiger partial charge in [0.15, 0.2) is 5.82 Å². The van der Waals surface area contributed by atoms with Gasteiger partial charge in [0.1, 0.15) is 0 Å². The van der Waals surface area contributed by atoms with Crippen LogP contribution in [0.2, 0.25) is 0 Å². The van der Waals surface area contributed by atoms with Gasteiger partial charge in [-0.1, -0.05) is 42.5 Å². The number of nitrogens with two attached hydrogens (primary N) is 1. The zero-order chi connectivity index (χ0) is 14.4. The quantitative estimate of drug-likeness (QED) is 0.783. The van der Waals surface area contributed by atoms with Crippen LogP contribution in [0.15, 0.2) is 54.6 Å². The van der Waals surface area contributed by atoms with Gasteiger partial charge in [0.2, 0.25) is 0 Å². The van der Waals surface area contributed by atoms with E-state index in [4.69, 9.17) is 5.73 Å². The Kier molecular flexibility index (Phi) is 2.57. The van der Waals surface area contributed by atoms with Gasteiger partial charge in [-0.3, -0.25) is 4.79 Å². The SMILES string of the molecule is Nc1nn(C(=O)[C@@H]2C[C@H]2c2ccccc2)c2ccccc12. The summed E-state index contributed by atoms with van der Waals surface area (Å²) in [7, 11) is 0. The average molecular weight is 277 g/mol. The van der Waals surface area contributed by atoms with Crippen molar-refractivity contribution >= 4 is 22.6 Å². The summed E-state index contributed by atoms with van der Waals surface area (Å²) in [6, 6.07) is 17.7. The molecule has 2 atom stereocenters. The number of carbonyl (C=O) groups excluding carboxylic acids is 1. The summed E-state index contributed by atoms with van der Waals surface area (Å²) in [6.07, 6.45) is 0.886. The van der Waals surface area contributed by atoms with Crippen LogP contribution >= 0.6 is 0 Å². The second-order valence-corrected chi connectivity index (χ2v) is 5.51. The third-order valence-corrected chi connectivity index (χ3v) is 4.16. The number of carbonyl (C=O) groups is 1. The van der Waals surface area contributed by atoms with Crippen LogP contribution in [0.3, 0.4) is 0 Å². The first-order chi connectivity index (χ1) is 10.3. The minimum absolute atomic E-state index is 0.00936. The fourth-order valence-corrected chi connectivity index (χ4v) is 2.95. The highest BCUT2D eigenvalue weighted by molar-refractivity contribution is 5.98. The number of para-hydroxylation sites is 1. The monoisotopic (exact) mass is 277 g/mol. The summed E-state index contributed by atoms with van der Waals surface area (Å²) in [5.74, 6) is 0.769. The summed E-state index contributed by atoms with van der Waals surface area (Å²) in [5, 5.41) is 5.06. The average Bonchev–Trinajstić information content (AvgIpc) is 3.27. The highest BCUT2D eigenvalue weighted by atomic mass is 16.2. The maximum atomic E-state index is 12.7. The molecule has 4 heteroatoms. The van der Waals surface area contributed by atoms with Gasteiger partial charge in [0.25, 0.3) is 5.91 Å². The molecule has 0 amide bonds. The van der Waals surface area contributed by atoms with Crippen molar-refractivity contribution in [3.05, 3.63) is 60.2 Å². The molecule has 1 aliphatic carbocycles. The van der Waals surface area contributed by atoms with Crippen LogP contribution in [0.25, 0.3) is 10.9 Å². The summed E-state index contributed by atoms with van der Waals surface area (Å²) in [4.78, 5) is 12.7. The Morgan fingerprint density at radius 3 is 2.62 bits per heavy atom. The van der Waals surface area contributed by atoms with Crippen LogP contribution in [0.5, 0.6) is 0 Å². The molecule has 0 saturated heterocycles. The first kappa shape index (κ1) is 12.1. The van der Waals surface area contributed by atoms with Crippen LogP contribution in [0.4, 0.5) is 5.82 Å². The first-order valence-corrected chi connectivity index (χ1v) is 7.08. The van der Waals surface area contributed by atoms with E-state index in [9.17, 15) is 4.79 Å². The molecule has 21 heavy (non-hydrogen) atoms. The lowest BCUT2D eigenvalue weighted by Gasteiger charge is -2.02. The molecule has 1 saturated carbocycles.